The summed E-state index contributed by atoms with van der Waals surface area (Å²) >= 11 is 0. The highest BCUT2D eigenvalue weighted by Crippen LogP contribution is 2.44. The Balaban J connectivity index is 2.48. The third-order valence-corrected chi connectivity index (χ3v) is 2.44. The minimum atomic E-state index is -0.621. The number of nitrogens with zero attached hydrogens (tertiary/aromatic N) is 2. The summed E-state index contributed by atoms with van der Waals surface area (Å²) in [7, 11) is 0. The normalized spacial score (nSPS) is 14.9. The van der Waals surface area contributed by atoms with Gasteiger partial charge in [-0.1, -0.05) is 0 Å². The maximum atomic E-state index is 10.7. The first-order valence-corrected chi connectivity index (χ1v) is 4.52. The zero-order valence-electron chi connectivity index (χ0n) is 7.75. The van der Waals surface area contributed by atoms with E-state index in [1.165, 1.54) is 12.1 Å². The smallest absolute Gasteiger partial charge is 0.258 e. The van der Waals surface area contributed by atoms with Gasteiger partial charge in [-0.15, -0.1) is 0 Å². The second-order valence-electron chi connectivity index (χ2n) is 3.53. The monoisotopic (exact) mass is 208 g/mol. The van der Waals surface area contributed by atoms with Crippen molar-refractivity contribution in [2.45, 2.75) is 18.8 Å². The molecule has 0 saturated heterocycles. The molecule has 78 valence electrons. The fraction of sp³-hybridized carbons (Fsp3) is 0.333. The highest BCUT2D eigenvalue weighted by Gasteiger charge is 2.31. The second-order valence-corrected chi connectivity index (χ2v) is 3.53. The lowest BCUT2D eigenvalue weighted by Crippen LogP contribution is -1.96. The van der Waals surface area contributed by atoms with Crippen LogP contribution < -0.4 is 0 Å². The maximum absolute atomic E-state index is 10.7. The lowest BCUT2D eigenvalue weighted by molar-refractivity contribution is -0.394. The number of non-ortho nitro benzene ring substituents is 1. The average Bonchev–Trinajstić information content (AvgIpc) is 2.99. The summed E-state index contributed by atoms with van der Waals surface area (Å²) in [6.45, 7) is 0. The van der Waals surface area contributed by atoms with Crippen LogP contribution in [-0.2, 0) is 0 Å². The van der Waals surface area contributed by atoms with Gasteiger partial charge in [0, 0.05) is 11.6 Å². The molecule has 2 rings (SSSR count). The number of nitro benzene ring substituents is 2. The Hall–Kier alpha value is -1.98. The Kier molecular flexibility index (Phi) is 2.11. The van der Waals surface area contributed by atoms with E-state index in [2.05, 4.69) is 0 Å². The Morgan fingerprint density at radius 3 is 2.27 bits per heavy atom. The van der Waals surface area contributed by atoms with Crippen molar-refractivity contribution in [2.75, 3.05) is 0 Å². The summed E-state index contributed by atoms with van der Waals surface area (Å²) in [5.41, 5.74) is 0.253. The Bertz CT molecular complexity index is 440. The van der Waals surface area contributed by atoms with E-state index < -0.39 is 9.85 Å². The van der Waals surface area contributed by atoms with Crippen molar-refractivity contribution >= 4 is 11.4 Å². The van der Waals surface area contributed by atoms with E-state index >= 15 is 0 Å². The largest absolute Gasteiger partial charge is 0.279 e. The highest BCUT2D eigenvalue weighted by molar-refractivity contribution is 5.51. The van der Waals surface area contributed by atoms with Gasteiger partial charge in [-0.2, -0.15) is 0 Å². The van der Waals surface area contributed by atoms with Crippen molar-refractivity contribution in [1.29, 1.82) is 0 Å². The van der Waals surface area contributed by atoms with Crippen molar-refractivity contribution in [2.24, 2.45) is 0 Å². The number of nitro groups is 2. The van der Waals surface area contributed by atoms with Gasteiger partial charge in [-0.25, -0.2) is 0 Å². The molecule has 0 spiro atoms. The van der Waals surface area contributed by atoms with E-state index in [9.17, 15) is 20.2 Å². The van der Waals surface area contributed by atoms with Crippen LogP contribution in [0, 0.1) is 20.2 Å². The van der Waals surface area contributed by atoms with Crippen LogP contribution in [0.1, 0.15) is 24.3 Å². The van der Waals surface area contributed by atoms with E-state index in [4.69, 9.17) is 0 Å². The molecule has 1 fully saturated rings. The molecule has 6 nitrogen and oxygen atoms in total. The van der Waals surface area contributed by atoms with E-state index in [-0.39, 0.29) is 17.3 Å². The third-order valence-electron chi connectivity index (χ3n) is 2.44. The molecular weight excluding hydrogens is 200 g/mol. The highest BCUT2D eigenvalue weighted by atomic mass is 16.6. The Morgan fingerprint density at radius 2 is 1.80 bits per heavy atom. The molecule has 0 atom stereocenters. The van der Waals surface area contributed by atoms with E-state index in [1.54, 1.807) is 0 Å². The molecule has 0 aliphatic heterocycles. The molecular formula is C9H8N2O4. The molecule has 0 radical (unpaired) electrons. The topological polar surface area (TPSA) is 86.3 Å². The molecule has 0 bridgehead atoms. The van der Waals surface area contributed by atoms with E-state index in [0.29, 0.717) is 5.56 Å². The van der Waals surface area contributed by atoms with Crippen LogP contribution >= 0.6 is 0 Å². The predicted octanol–water partition coefficient (Wildman–Crippen LogP) is 2.38. The fourth-order valence-electron chi connectivity index (χ4n) is 1.54. The molecule has 0 unspecified atom stereocenters. The van der Waals surface area contributed by atoms with Crippen LogP contribution in [0.3, 0.4) is 0 Å². The van der Waals surface area contributed by atoms with Crippen molar-refractivity contribution in [3.63, 3.8) is 0 Å². The lowest BCUT2D eigenvalue weighted by Gasteiger charge is -1.99. The van der Waals surface area contributed by atoms with Crippen LogP contribution in [0.5, 0.6) is 0 Å². The number of rotatable bonds is 3. The van der Waals surface area contributed by atoms with Gasteiger partial charge in [0.2, 0.25) is 0 Å². The van der Waals surface area contributed by atoms with Gasteiger partial charge in [0.25, 0.3) is 11.4 Å². The third kappa shape index (κ3) is 1.78. The molecule has 1 aliphatic rings. The average molecular weight is 208 g/mol. The van der Waals surface area contributed by atoms with Crippen LogP contribution in [0.15, 0.2) is 18.2 Å². The Labute approximate surface area is 84.8 Å². The van der Waals surface area contributed by atoms with Gasteiger partial charge in [0.1, 0.15) is 0 Å². The van der Waals surface area contributed by atoms with Crippen LogP contribution in [0.25, 0.3) is 0 Å². The van der Waals surface area contributed by atoms with Gasteiger partial charge in [0.05, 0.1) is 15.9 Å². The van der Waals surface area contributed by atoms with Crippen molar-refractivity contribution in [3.8, 4) is 0 Å². The zero-order valence-corrected chi connectivity index (χ0v) is 7.75. The number of benzene rings is 1. The molecule has 1 saturated carbocycles. The summed E-state index contributed by atoms with van der Waals surface area (Å²) < 4.78 is 0. The zero-order chi connectivity index (χ0) is 11.0. The first-order chi connectivity index (χ1) is 7.09. The lowest BCUT2D eigenvalue weighted by atomic mass is 10.1. The van der Waals surface area contributed by atoms with E-state index in [0.717, 1.165) is 18.9 Å². The SMILES string of the molecule is O=[N+]([O-])c1ccc(C2CC2)c([N+](=O)[O-])c1. The van der Waals surface area contributed by atoms with Gasteiger partial charge < -0.3 is 0 Å². The first kappa shape index (κ1) is 9.57. The number of hydrogen-bond donors (Lipinski definition) is 0. The van der Waals surface area contributed by atoms with Crippen molar-refractivity contribution in [1.82, 2.24) is 0 Å². The van der Waals surface area contributed by atoms with Crippen molar-refractivity contribution in [3.05, 3.63) is 44.0 Å². The minimum Gasteiger partial charge on any atom is -0.258 e. The first-order valence-electron chi connectivity index (χ1n) is 4.52. The minimum absolute atomic E-state index is 0.133. The quantitative estimate of drug-likeness (QED) is 0.563. The van der Waals surface area contributed by atoms with Crippen molar-refractivity contribution < 1.29 is 9.85 Å². The van der Waals surface area contributed by atoms with Gasteiger partial charge in [0.15, 0.2) is 0 Å². The van der Waals surface area contributed by atoms with Crippen LogP contribution in [0.4, 0.5) is 11.4 Å². The standard InChI is InChI=1S/C9H8N2O4/c12-10(13)7-3-4-8(6-1-2-6)9(5-7)11(14)15/h3-6H,1-2H2. The molecule has 1 aromatic carbocycles. The molecule has 6 heteroatoms. The summed E-state index contributed by atoms with van der Waals surface area (Å²) in [4.78, 5) is 20.0. The molecule has 1 aliphatic carbocycles. The fourth-order valence-corrected chi connectivity index (χ4v) is 1.54. The second kappa shape index (κ2) is 3.30. The summed E-state index contributed by atoms with van der Waals surface area (Å²) in [5, 5.41) is 21.2. The molecule has 0 aromatic heterocycles. The predicted molar refractivity (Wildman–Crippen MR) is 51.7 cm³/mol. The van der Waals surface area contributed by atoms with Gasteiger partial charge in [-0.3, -0.25) is 20.2 Å². The summed E-state index contributed by atoms with van der Waals surface area (Å²) in [5.74, 6) is 0.214. The number of hydrogen-bond acceptors (Lipinski definition) is 4. The van der Waals surface area contributed by atoms with Crippen LogP contribution in [0.2, 0.25) is 0 Å². The summed E-state index contributed by atoms with van der Waals surface area (Å²) in [6.07, 6.45) is 1.86. The van der Waals surface area contributed by atoms with Gasteiger partial charge in [-0.05, 0) is 24.8 Å². The van der Waals surface area contributed by atoms with Crippen LogP contribution in [-0.4, -0.2) is 9.85 Å². The molecule has 0 amide bonds. The van der Waals surface area contributed by atoms with Gasteiger partial charge >= 0.3 is 0 Å². The summed E-state index contributed by atoms with van der Waals surface area (Å²) in [6, 6.07) is 3.85. The van der Waals surface area contributed by atoms with E-state index in [1.807, 2.05) is 0 Å². The molecule has 1 aromatic rings. The Morgan fingerprint density at radius 1 is 1.13 bits per heavy atom. The maximum Gasteiger partial charge on any atom is 0.279 e. The molecule has 0 heterocycles. The molecule has 0 N–H and O–H groups in total. The molecule has 15 heavy (non-hydrogen) atoms.